The van der Waals surface area contributed by atoms with E-state index in [2.05, 4.69) is 13.2 Å². The van der Waals surface area contributed by atoms with Crippen molar-refractivity contribution in [2.24, 2.45) is 0 Å². The smallest absolute Gasteiger partial charge is 0.189 e. The summed E-state index contributed by atoms with van der Waals surface area (Å²) in [5.41, 5.74) is 1.38. The van der Waals surface area contributed by atoms with Crippen LogP contribution >= 0.6 is 0 Å². The molecule has 0 aromatic heterocycles. The molecule has 13 heteroatoms. The zero-order chi connectivity index (χ0) is 31.5. The predicted molar refractivity (Wildman–Crippen MR) is 154 cm³/mol. The molecule has 0 aliphatic carbocycles. The molecule has 0 saturated carbocycles. The van der Waals surface area contributed by atoms with Crippen LogP contribution in [0.25, 0.3) is 0 Å². The highest BCUT2D eigenvalue weighted by Gasteiger charge is 2.54. The first-order valence-corrected chi connectivity index (χ1v) is 14.8. The summed E-state index contributed by atoms with van der Waals surface area (Å²) in [5, 5.41) is 43.7. The summed E-state index contributed by atoms with van der Waals surface area (Å²) >= 11 is 0. The van der Waals surface area contributed by atoms with Gasteiger partial charge < -0.3 is 63.1 Å². The molecule has 4 saturated heterocycles. The minimum Gasteiger partial charge on any atom is -0.490 e. The van der Waals surface area contributed by atoms with Crippen LogP contribution in [0.2, 0.25) is 0 Å². The number of benzene rings is 2. The molecular formula is C32H38O13. The first kappa shape index (κ1) is 32.0. The van der Waals surface area contributed by atoms with Gasteiger partial charge >= 0.3 is 0 Å². The van der Waals surface area contributed by atoms with E-state index in [9.17, 15) is 20.4 Å². The van der Waals surface area contributed by atoms with Crippen molar-refractivity contribution in [2.75, 3.05) is 26.4 Å². The van der Waals surface area contributed by atoms with E-state index in [1.807, 2.05) is 0 Å². The van der Waals surface area contributed by atoms with E-state index < -0.39 is 74.0 Å². The standard InChI is InChI=1S/C32H38O13/c1-3-13-37-19-9-5-17(6-10-19)29-39-15-21-27(43-29)23(33)25(35)31(41-21)45-32-26(36)24(34)28-22(42-32)16-40-30(44-28)18-7-11-20(12-8-18)38-14-4-2/h3-12,21-36H,1-2,13-16H2/t21-,22-,23-,24-,25-,26-,27-,28-,29?,30?,31-,32-/m1/s1. The Morgan fingerprint density at radius 2 is 1.00 bits per heavy atom. The third-order valence-corrected chi connectivity index (χ3v) is 7.98. The van der Waals surface area contributed by atoms with Gasteiger partial charge in [0.1, 0.15) is 73.5 Å². The Morgan fingerprint density at radius 1 is 0.600 bits per heavy atom. The Balaban J connectivity index is 1.04. The van der Waals surface area contributed by atoms with Crippen LogP contribution in [0.5, 0.6) is 11.5 Å². The summed E-state index contributed by atoms with van der Waals surface area (Å²) in [7, 11) is 0. The normalized spacial score (nSPS) is 38.0. The maximum Gasteiger partial charge on any atom is 0.189 e. The SMILES string of the molecule is C=CCOc1ccc(C2OC[C@H]3O[C@H](O[C@H]4O[C@@H]5COC(c6ccc(OCC=C)cc6)O[C@H]5[C@H](O)[C@H]4O)[C@H](O)[C@@H](O)[C@@H]3O2)cc1. The van der Waals surface area contributed by atoms with Gasteiger partial charge in [-0.25, -0.2) is 0 Å². The summed E-state index contributed by atoms with van der Waals surface area (Å²) in [5.74, 6) is 1.30. The van der Waals surface area contributed by atoms with Gasteiger partial charge in [-0.3, -0.25) is 0 Å². The Labute approximate surface area is 260 Å². The number of ether oxygens (including phenoxy) is 9. The summed E-state index contributed by atoms with van der Waals surface area (Å²) in [4.78, 5) is 0. The summed E-state index contributed by atoms with van der Waals surface area (Å²) in [6.07, 6.45) is -10.6. The first-order chi connectivity index (χ1) is 21.9. The van der Waals surface area contributed by atoms with Gasteiger partial charge in [0.15, 0.2) is 25.2 Å². The second-order valence-corrected chi connectivity index (χ2v) is 11.1. The molecule has 4 aliphatic heterocycles. The summed E-state index contributed by atoms with van der Waals surface area (Å²) < 4.78 is 52.2. The van der Waals surface area contributed by atoms with Gasteiger partial charge in [-0.1, -0.05) is 49.6 Å². The first-order valence-electron chi connectivity index (χ1n) is 14.8. The monoisotopic (exact) mass is 630 g/mol. The Morgan fingerprint density at radius 3 is 1.38 bits per heavy atom. The molecule has 12 atom stereocenters. The molecule has 4 fully saturated rings. The van der Waals surface area contributed by atoms with E-state index in [0.29, 0.717) is 35.8 Å². The predicted octanol–water partition coefficient (Wildman–Crippen LogP) is 1.25. The number of aliphatic hydroxyl groups is 4. The molecule has 2 unspecified atom stereocenters. The molecule has 6 rings (SSSR count). The lowest BCUT2D eigenvalue weighted by Gasteiger charge is -2.49. The van der Waals surface area contributed by atoms with Gasteiger partial charge in [-0.05, 0) is 24.3 Å². The molecule has 4 heterocycles. The van der Waals surface area contributed by atoms with Crippen LogP contribution < -0.4 is 9.47 Å². The fourth-order valence-corrected chi connectivity index (χ4v) is 5.60. The lowest BCUT2D eigenvalue weighted by atomic mass is 9.96. The van der Waals surface area contributed by atoms with E-state index in [-0.39, 0.29) is 13.2 Å². The lowest BCUT2D eigenvalue weighted by Crippen LogP contribution is -2.66. The number of aliphatic hydroxyl groups excluding tert-OH is 4. The average Bonchev–Trinajstić information content (AvgIpc) is 3.07. The van der Waals surface area contributed by atoms with E-state index in [1.165, 1.54) is 0 Å². The second-order valence-electron chi connectivity index (χ2n) is 11.1. The number of hydrogen-bond donors (Lipinski definition) is 4. The van der Waals surface area contributed by atoms with Crippen LogP contribution in [0, 0.1) is 0 Å². The van der Waals surface area contributed by atoms with E-state index in [1.54, 1.807) is 60.7 Å². The van der Waals surface area contributed by atoms with Gasteiger partial charge in [0.2, 0.25) is 0 Å². The fourth-order valence-electron chi connectivity index (χ4n) is 5.60. The second kappa shape index (κ2) is 14.2. The number of fused-ring (bicyclic) bond motifs is 2. The van der Waals surface area contributed by atoms with Crippen LogP contribution in [0.3, 0.4) is 0 Å². The molecule has 2 aromatic rings. The molecule has 13 nitrogen and oxygen atoms in total. The molecule has 4 N–H and O–H groups in total. The van der Waals surface area contributed by atoms with Crippen LogP contribution in [0.4, 0.5) is 0 Å². The van der Waals surface area contributed by atoms with Crippen molar-refractivity contribution in [1.82, 2.24) is 0 Å². The van der Waals surface area contributed by atoms with Crippen LogP contribution in [-0.2, 0) is 33.2 Å². The van der Waals surface area contributed by atoms with Gasteiger partial charge in [0, 0.05) is 11.1 Å². The van der Waals surface area contributed by atoms with Crippen molar-refractivity contribution in [3.63, 3.8) is 0 Å². The molecule has 2 aromatic carbocycles. The van der Waals surface area contributed by atoms with E-state index in [4.69, 9.17) is 42.6 Å². The average molecular weight is 631 g/mol. The number of rotatable bonds is 10. The van der Waals surface area contributed by atoms with Gasteiger partial charge in [-0.2, -0.15) is 0 Å². The molecule has 0 amide bonds. The third-order valence-electron chi connectivity index (χ3n) is 7.98. The van der Waals surface area contributed by atoms with Crippen molar-refractivity contribution >= 4 is 0 Å². The molecule has 0 spiro atoms. The van der Waals surface area contributed by atoms with Crippen LogP contribution in [-0.4, -0.2) is 108 Å². The number of hydrogen-bond acceptors (Lipinski definition) is 13. The van der Waals surface area contributed by atoms with Crippen molar-refractivity contribution in [3.05, 3.63) is 85.0 Å². The Kier molecular flexibility index (Phi) is 10.1. The largest absolute Gasteiger partial charge is 0.490 e. The minimum absolute atomic E-state index is 0.0273. The quantitative estimate of drug-likeness (QED) is 0.278. The summed E-state index contributed by atoms with van der Waals surface area (Å²) in [6, 6.07) is 14.2. The van der Waals surface area contributed by atoms with Crippen LogP contribution in [0.15, 0.2) is 73.8 Å². The van der Waals surface area contributed by atoms with Gasteiger partial charge in [-0.15, -0.1) is 0 Å². The van der Waals surface area contributed by atoms with E-state index in [0.717, 1.165) is 0 Å². The van der Waals surface area contributed by atoms with Crippen molar-refractivity contribution in [3.8, 4) is 11.5 Å². The highest BCUT2D eigenvalue weighted by Crippen LogP contribution is 2.38. The molecular weight excluding hydrogens is 592 g/mol. The van der Waals surface area contributed by atoms with Gasteiger partial charge in [0.25, 0.3) is 0 Å². The molecule has 4 aliphatic rings. The van der Waals surface area contributed by atoms with Gasteiger partial charge in [0.05, 0.1) is 13.2 Å². The highest BCUT2D eigenvalue weighted by molar-refractivity contribution is 5.29. The molecule has 244 valence electrons. The van der Waals surface area contributed by atoms with Crippen LogP contribution in [0.1, 0.15) is 23.7 Å². The van der Waals surface area contributed by atoms with E-state index >= 15 is 0 Å². The lowest BCUT2D eigenvalue weighted by molar-refractivity contribution is -0.412. The minimum atomic E-state index is -1.56. The maximum atomic E-state index is 11.0. The molecule has 0 radical (unpaired) electrons. The Hall–Kier alpha value is -2.92. The Bertz CT molecular complexity index is 1170. The zero-order valence-electron chi connectivity index (χ0n) is 24.4. The fraction of sp³-hybridized carbons (Fsp3) is 0.500. The van der Waals surface area contributed by atoms with Crippen molar-refractivity contribution < 1.29 is 63.1 Å². The molecule has 0 bridgehead atoms. The topological polar surface area (TPSA) is 164 Å². The van der Waals surface area contributed by atoms with Crippen molar-refractivity contribution in [2.45, 2.75) is 74.0 Å². The highest BCUT2D eigenvalue weighted by atomic mass is 16.8. The third kappa shape index (κ3) is 6.94. The summed E-state index contributed by atoms with van der Waals surface area (Å²) in [6.45, 7) is 8.05. The molecule has 45 heavy (non-hydrogen) atoms. The van der Waals surface area contributed by atoms with Crippen molar-refractivity contribution in [1.29, 1.82) is 0 Å². The zero-order valence-corrected chi connectivity index (χ0v) is 24.4. The maximum absolute atomic E-state index is 11.0.